The molecule has 0 atom stereocenters. The molecule has 0 saturated carbocycles. The molecule has 6 nitrogen and oxygen atoms in total. The largest absolute Gasteiger partial charge is 0.462 e. The Morgan fingerprint density at radius 1 is 1.07 bits per heavy atom. The summed E-state index contributed by atoms with van der Waals surface area (Å²) in [5.41, 5.74) is 0.875. The second-order valence-corrected chi connectivity index (χ2v) is 6.24. The van der Waals surface area contributed by atoms with Crippen molar-refractivity contribution in [2.24, 2.45) is 0 Å². The third-order valence-electron chi connectivity index (χ3n) is 4.16. The molecule has 2 aromatic carbocycles. The molecular weight excluding hydrogens is 375 g/mol. The van der Waals surface area contributed by atoms with Crippen molar-refractivity contribution >= 4 is 17.6 Å². The molecule has 0 aliphatic rings. The van der Waals surface area contributed by atoms with Crippen molar-refractivity contribution in [1.82, 2.24) is 4.57 Å². The van der Waals surface area contributed by atoms with Gasteiger partial charge in [0.25, 0.3) is 11.5 Å². The molecular formula is C22H19FN2O4. The van der Waals surface area contributed by atoms with Gasteiger partial charge in [-0.3, -0.25) is 9.59 Å². The number of nitrogens with zero attached hydrogens (tertiary/aromatic N) is 1. The normalized spacial score (nSPS) is 10.4. The minimum absolute atomic E-state index is 0.0432. The van der Waals surface area contributed by atoms with Crippen LogP contribution in [-0.4, -0.2) is 23.1 Å². The molecule has 29 heavy (non-hydrogen) atoms. The maximum absolute atomic E-state index is 13.4. The molecule has 1 aromatic heterocycles. The highest BCUT2D eigenvalue weighted by molar-refractivity contribution is 6.04. The van der Waals surface area contributed by atoms with E-state index in [2.05, 4.69) is 5.32 Å². The molecule has 1 N–H and O–H groups in total. The van der Waals surface area contributed by atoms with E-state index in [0.717, 1.165) is 0 Å². The molecule has 0 radical (unpaired) electrons. The van der Waals surface area contributed by atoms with Crippen molar-refractivity contribution in [3.63, 3.8) is 0 Å². The summed E-state index contributed by atoms with van der Waals surface area (Å²) in [6, 6.07) is 15.1. The number of carbonyl (C=O) groups is 2. The Bertz CT molecular complexity index is 1090. The van der Waals surface area contributed by atoms with E-state index in [1.807, 2.05) is 0 Å². The average molecular weight is 394 g/mol. The summed E-state index contributed by atoms with van der Waals surface area (Å²) in [5.74, 6) is -1.42. The molecule has 0 spiro atoms. The van der Waals surface area contributed by atoms with Gasteiger partial charge in [-0.1, -0.05) is 12.1 Å². The number of nitrogens with one attached hydrogen (secondary N) is 1. The molecule has 7 heteroatoms. The molecule has 3 rings (SSSR count). The van der Waals surface area contributed by atoms with Gasteiger partial charge < -0.3 is 14.6 Å². The van der Waals surface area contributed by atoms with Crippen LogP contribution in [0.4, 0.5) is 10.1 Å². The van der Waals surface area contributed by atoms with Crippen molar-refractivity contribution in [3.05, 3.63) is 99.7 Å². The number of carbonyl (C=O) groups excluding carboxylic acids is 2. The molecule has 0 aliphatic heterocycles. The van der Waals surface area contributed by atoms with Crippen LogP contribution in [0.1, 0.15) is 33.2 Å². The first-order valence-corrected chi connectivity index (χ1v) is 9.00. The van der Waals surface area contributed by atoms with E-state index in [1.165, 1.54) is 41.1 Å². The highest BCUT2D eigenvalue weighted by atomic mass is 19.1. The number of halogens is 1. The molecule has 0 bridgehead atoms. The molecule has 0 saturated heterocycles. The first kappa shape index (κ1) is 20.0. The van der Waals surface area contributed by atoms with Crippen LogP contribution < -0.4 is 10.9 Å². The lowest BCUT2D eigenvalue weighted by Crippen LogP contribution is -2.29. The predicted octanol–water partition coefficient (Wildman–Crippen LogP) is 3.46. The molecule has 148 valence electrons. The maximum Gasteiger partial charge on any atom is 0.338 e. The van der Waals surface area contributed by atoms with Crippen LogP contribution in [0.15, 0.2) is 71.7 Å². The van der Waals surface area contributed by atoms with Gasteiger partial charge in [-0.25, -0.2) is 9.18 Å². The van der Waals surface area contributed by atoms with E-state index in [4.69, 9.17) is 4.74 Å². The molecule has 1 amide bonds. The Balaban J connectivity index is 1.76. The van der Waals surface area contributed by atoms with Crippen molar-refractivity contribution in [2.45, 2.75) is 13.5 Å². The van der Waals surface area contributed by atoms with Crippen LogP contribution in [0, 0.1) is 5.82 Å². The first-order valence-electron chi connectivity index (χ1n) is 9.00. The van der Waals surface area contributed by atoms with Crippen molar-refractivity contribution < 1.29 is 18.7 Å². The van der Waals surface area contributed by atoms with Gasteiger partial charge in [-0.05, 0) is 61.0 Å². The Labute approximate surface area is 166 Å². The van der Waals surface area contributed by atoms with Crippen LogP contribution >= 0.6 is 0 Å². The second kappa shape index (κ2) is 8.97. The van der Waals surface area contributed by atoms with E-state index < -0.39 is 23.3 Å². The molecule has 0 aliphatic carbocycles. The van der Waals surface area contributed by atoms with Crippen molar-refractivity contribution in [1.29, 1.82) is 0 Å². The standard InChI is InChI=1S/C22H19FN2O4/c1-2-29-22(28)16-8-10-18(11-9-16)24-20(26)19-7-4-12-25(21(19)27)14-15-5-3-6-17(23)13-15/h3-13H,2,14H2,1H3,(H,24,26). The highest BCUT2D eigenvalue weighted by Crippen LogP contribution is 2.12. The zero-order valence-corrected chi connectivity index (χ0v) is 15.7. The van der Waals surface area contributed by atoms with E-state index in [0.29, 0.717) is 16.8 Å². The van der Waals surface area contributed by atoms with E-state index in [9.17, 15) is 18.8 Å². The summed E-state index contributed by atoms with van der Waals surface area (Å²) < 4.78 is 19.6. The smallest absolute Gasteiger partial charge is 0.338 e. The topological polar surface area (TPSA) is 77.4 Å². The zero-order chi connectivity index (χ0) is 20.8. The number of esters is 1. The van der Waals surface area contributed by atoms with E-state index in [-0.39, 0.29) is 18.7 Å². The fourth-order valence-corrected chi connectivity index (χ4v) is 2.77. The highest BCUT2D eigenvalue weighted by Gasteiger charge is 2.13. The number of aromatic nitrogens is 1. The lowest BCUT2D eigenvalue weighted by atomic mass is 10.2. The van der Waals surface area contributed by atoms with Crippen LogP contribution in [0.5, 0.6) is 0 Å². The minimum Gasteiger partial charge on any atom is -0.462 e. The number of hydrogen-bond acceptors (Lipinski definition) is 4. The lowest BCUT2D eigenvalue weighted by molar-refractivity contribution is 0.0526. The SMILES string of the molecule is CCOC(=O)c1ccc(NC(=O)c2cccn(Cc3cccc(F)c3)c2=O)cc1. The number of rotatable bonds is 6. The third-order valence-corrected chi connectivity index (χ3v) is 4.16. The second-order valence-electron chi connectivity index (χ2n) is 6.24. The number of pyridine rings is 1. The van der Waals surface area contributed by atoms with Crippen molar-refractivity contribution in [3.8, 4) is 0 Å². The van der Waals surface area contributed by atoms with Crippen LogP contribution in [-0.2, 0) is 11.3 Å². The first-order chi connectivity index (χ1) is 14.0. The van der Waals surface area contributed by atoms with E-state index >= 15 is 0 Å². The Hall–Kier alpha value is -3.74. The number of hydrogen-bond donors (Lipinski definition) is 1. The summed E-state index contributed by atoms with van der Waals surface area (Å²) in [4.78, 5) is 36.9. The van der Waals surface area contributed by atoms with Gasteiger partial charge in [0, 0.05) is 11.9 Å². The van der Waals surface area contributed by atoms with Crippen LogP contribution in [0.25, 0.3) is 0 Å². The van der Waals surface area contributed by atoms with Gasteiger partial charge in [-0.15, -0.1) is 0 Å². The Morgan fingerprint density at radius 3 is 2.52 bits per heavy atom. The molecule has 0 fully saturated rings. The minimum atomic E-state index is -0.576. The van der Waals surface area contributed by atoms with Crippen molar-refractivity contribution in [2.75, 3.05) is 11.9 Å². The summed E-state index contributed by atoms with van der Waals surface area (Å²) in [7, 11) is 0. The monoisotopic (exact) mass is 394 g/mol. The third kappa shape index (κ3) is 4.95. The van der Waals surface area contributed by atoms with Gasteiger partial charge in [-0.2, -0.15) is 0 Å². The summed E-state index contributed by atoms with van der Waals surface area (Å²) in [5, 5.41) is 2.63. The number of ether oxygens (including phenoxy) is 1. The fraction of sp³-hybridized carbons (Fsp3) is 0.136. The van der Waals surface area contributed by atoms with Gasteiger partial charge in [0.05, 0.1) is 18.7 Å². The fourth-order valence-electron chi connectivity index (χ4n) is 2.77. The average Bonchev–Trinajstić information content (AvgIpc) is 2.70. The summed E-state index contributed by atoms with van der Waals surface area (Å²) in [6.07, 6.45) is 1.54. The zero-order valence-electron chi connectivity index (χ0n) is 15.7. The van der Waals surface area contributed by atoms with Gasteiger partial charge in [0.1, 0.15) is 11.4 Å². The quantitative estimate of drug-likeness (QED) is 0.650. The Kier molecular flexibility index (Phi) is 6.19. The lowest BCUT2D eigenvalue weighted by Gasteiger charge is -2.09. The summed E-state index contributed by atoms with van der Waals surface area (Å²) in [6.45, 7) is 2.13. The number of anilines is 1. The Morgan fingerprint density at radius 2 is 1.83 bits per heavy atom. The summed E-state index contributed by atoms with van der Waals surface area (Å²) >= 11 is 0. The van der Waals surface area contributed by atoms with Gasteiger partial charge >= 0.3 is 5.97 Å². The van der Waals surface area contributed by atoms with Crippen LogP contribution in [0.3, 0.4) is 0 Å². The van der Waals surface area contributed by atoms with Crippen LogP contribution in [0.2, 0.25) is 0 Å². The van der Waals surface area contributed by atoms with E-state index in [1.54, 1.807) is 37.3 Å². The maximum atomic E-state index is 13.4. The number of benzene rings is 2. The molecule has 0 unspecified atom stereocenters. The van der Waals surface area contributed by atoms with Gasteiger partial charge in [0.2, 0.25) is 0 Å². The predicted molar refractivity (Wildman–Crippen MR) is 107 cm³/mol. The number of amides is 1. The molecule has 3 aromatic rings. The molecule has 1 heterocycles. The van der Waals surface area contributed by atoms with Gasteiger partial charge in [0.15, 0.2) is 0 Å².